The quantitative estimate of drug-likeness (QED) is 0.757. The molecule has 2 fully saturated rings. The number of allylic oxidation sites excluding steroid dienone is 6. The Morgan fingerprint density at radius 1 is 1.31 bits per heavy atom. The molecule has 0 radical (unpaired) electrons. The molecule has 0 aliphatic heterocycles. The highest BCUT2D eigenvalue weighted by molar-refractivity contribution is 6.01. The highest BCUT2D eigenvalue weighted by atomic mass is 16.3. The second kappa shape index (κ2) is 5.51. The molecule has 0 saturated heterocycles. The molecule has 6 atom stereocenters. The largest absolute Gasteiger partial charge is 0.381 e. The summed E-state index contributed by atoms with van der Waals surface area (Å²) in [7, 11) is 0. The third-order valence-electron chi connectivity index (χ3n) is 8.21. The van der Waals surface area contributed by atoms with Gasteiger partial charge < -0.3 is 5.11 Å². The third kappa shape index (κ3) is 2.04. The van der Waals surface area contributed by atoms with Crippen LogP contribution in [0.1, 0.15) is 59.8 Å². The van der Waals surface area contributed by atoms with Gasteiger partial charge in [0.1, 0.15) is 5.60 Å². The minimum Gasteiger partial charge on any atom is -0.381 e. The van der Waals surface area contributed by atoms with E-state index >= 15 is 0 Å². The highest BCUT2D eigenvalue weighted by Gasteiger charge is 2.64. The molecule has 0 aromatic heterocycles. The van der Waals surface area contributed by atoms with E-state index in [1.165, 1.54) is 11.1 Å². The fraction of sp³-hybridized carbons (Fsp3) is 0.652. The fourth-order valence-electron chi connectivity index (χ4n) is 6.69. The van der Waals surface area contributed by atoms with Crippen molar-refractivity contribution in [1.29, 1.82) is 0 Å². The number of Topliss-reactive ketones (excluding diaryl/α,β-unsaturated/α-hetero) is 1. The number of fused-ring (bicyclic) bond motifs is 5. The smallest absolute Gasteiger partial charge is 0.178 e. The molecular formula is C23H30O3. The lowest BCUT2D eigenvalue weighted by Crippen LogP contribution is -2.54. The molecule has 3 nitrogen and oxygen atoms in total. The Morgan fingerprint density at radius 2 is 2.04 bits per heavy atom. The summed E-state index contributed by atoms with van der Waals surface area (Å²) in [6.07, 6.45) is 11.5. The van der Waals surface area contributed by atoms with E-state index in [4.69, 9.17) is 0 Å². The van der Waals surface area contributed by atoms with Gasteiger partial charge in [0.05, 0.1) is 0 Å². The molecule has 4 rings (SSSR count). The van der Waals surface area contributed by atoms with Crippen LogP contribution < -0.4 is 0 Å². The van der Waals surface area contributed by atoms with Crippen molar-refractivity contribution in [3.8, 4) is 0 Å². The molecule has 26 heavy (non-hydrogen) atoms. The summed E-state index contributed by atoms with van der Waals surface area (Å²) in [6, 6.07) is 0. The first-order chi connectivity index (χ1) is 12.2. The molecule has 2 saturated carbocycles. The monoisotopic (exact) mass is 354 g/mol. The summed E-state index contributed by atoms with van der Waals surface area (Å²) in [4.78, 5) is 24.6. The minimum atomic E-state index is -1.19. The van der Waals surface area contributed by atoms with Crippen LogP contribution in [-0.4, -0.2) is 22.3 Å². The molecule has 0 amide bonds. The molecule has 4 aliphatic carbocycles. The lowest BCUT2D eigenvalue weighted by Gasteiger charge is -2.55. The third-order valence-corrected chi connectivity index (χ3v) is 8.21. The Morgan fingerprint density at radius 3 is 2.73 bits per heavy atom. The number of rotatable bonds is 2. The van der Waals surface area contributed by atoms with Gasteiger partial charge in [-0.1, -0.05) is 38.5 Å². The first kappa shape index (κ1) is 17.9. The molecule has 3 heteroatoms. The highest BCUT2D eigenvalue weighted by Crippen LogP contribution is 2.65. The van der Waals surface area contributed by atoms with E-state index in [9.17, 15) is 14.7 Å². The van der Waals surface area contributed by atoms with Crippen LogP contribution in [0.2, 0.25) is 0 Å². The summed E-state index contributed by atoms with van der Waals surface area (Å²) < 4.78 is 0. The van der Waals surface area contributed by atoms with Crippen LogP contribution in [0.5, 0.6) is 0 Å². The van der Waals surface area contributed by atoms with Crippen molar-refractivity contribution in [3.05, 3.63) is 35.5 Å². The number of hydrogen-bond donors (Lipinski definition) is 1. The Labute approximate surface area is 156 Å². The second-order valence-electron chi connectivity index (χ2n) is 9.34. The lowest BCUT2D eigenvalue weighted by atomic mass is 9.49. The molecule has 0 spiro atoms. The maximum atomic E-state index is 12.6. The number of hydrogen-bond acceptors (Lipinski definition) is 3. The summed E-state index contributed by atoms with van der Waals surface area (Å²) in [6.45, 7) is 8.44. The van der Waals surface area contributed by atoms with Crippen LogP contribution in [0.15, 0.2) is 35.5 Å². The van der Waals surface area contributed by atoms with Crippen LogP contribution in [0.3, 0.4) is 0 Å². The van der Waals surface area contributed by atoms with Crippen molar-refractivity contribution in [2.45, 2.75) is 65.4 Å². The molecular weight excluding hydrogens is 324 g/mol. The molecule has 4 aliphatic rings. The van der Waals surface area contributed by atoms with E-state index in [1.54, 1.807) is 6.08 Å². The molecule has 2 unspecified atom stereocenters. The number of ketones is 2. The topological polar surface area (TPSA) is 54.4 Å². The Bertz CT molecular complexity index is 772. The average molecular weight is 354 g/mol. The number of aliphatic hydroxyl groups is 1. The second-order valence-corrected chi connectivity index (χ2v) is 9.34. The van der Waals surface area contributed by atoms with E-state index in [0.29, 0.717) is 30.6 Å². The van der Waals surface area contributed by atoms with E-state index < -0.39 is 5.60 Å². The number of carbonyl (C=O) groups is 2. The van der Waals surface area contributed by atoms with Crippen molar-refractivity contribution in [1.82, 2.24) is 0 Å². The van der Waals surface area contributed by atoms with Gasteiger partial charge in [-0.15, -0.1) is 0 Å². The summed E-state index contributed by atoms with van der Waals surface area (Å²) in [5.74, 6) is 1.14. The summed E-state index contributed by atoms with van der Waals surface area (Å²) >= 11 is 0. The van der Waals surface area contributed by atoms with Crippen molar-refractivity contribution >= 4 is 11.6 Å². The SMILES string of the molecule is CCC(=O)[C@@]1(O)CCC2C3C[C@H](C)C4=CC(=O)C=C[C@]4(C)C3=CC[C@@]21C. The standard InChI is InChI=1S/C23H30O3/c1-5-20(25)23(26)11-8-18-16-12-14(2)19-13-15(24)6-9-21(19,3)17(16)7-10-22(18,23)4/h6-7,9,13-14,16,18,26H,5,8,10-12H2,1-4H3/t14-,16?,18?,21+,22-,23-/m0/s1. The first-order valence-electron chi connectivity index (χ1n) is 10.1. The van der Waals surface area contributed by atoms with Crippen molar-refractivity contribution in [3.63, 3.8) is 0 Å². The van der Waals surface area contributed by atoms with E-state index in [2.05, 4.69) is 32.9 Å². The summed E-state index contributed by atoms with van der Waals surface area (Å²) in [5, 5.41) is 11.4. The normalized spacial score (nSPS) is 46.8. The molecule has 0 aromatic carbocycles. The van der Waals surface area contributed by atoms with Crippen LogP contribution in [0.4, 0.5) is 0 Å². The Hall–Kier alpha value is -1.48. The zero-order valence-electron chi connectivity index (χ0n) is 16.3. The van der Waals surface area contributed by atoms with Crippen LogP contribution in [0, 0.1) is 28.6 Å². The molecule has 1 N–H and O–H groups in total. The van der Waals surface area contributed by atoms with Crippen LogP contribution >= 0.6 is 0 Å². The average Bonchev–Trinajstić information content (AvgIpc) is 2.88. The van der Waals surface area contributed by atoms with Gasteiger partial charge in [-0.2, -0.15) is 0 Å². The maximum absolute atomic E-state index is 12.6. The van der Waals surface area contributed by atoms with Gasteiger partial charge >= 0.3 is 0 Å². The van der Waals surface area contributed by atoms with Gasteiger partial charge in [0, 0.05) is 17.3 Å². The maximum Gasteiger partial charge on any atom is 0.178 e. The van der Waals surface area contributed by atoms with Gasteiger partial charge in [-0.25, -0.2) is 0 Å². The molecule has 140 valence electrons. The van der Waals surface area contributed by atoms with Gasteiger partial charge in [0.25, 0.3) is 0 Å². The molecule has 0 heterocycles. The minimum absolute atomic E-state index is 0.00170. The Kier molecular flexibility index (Phi) is 3.80. The zero-order chi connectivity index (χ0) is 18.9. The molecule has 0 aromatic rings. The van der Waals surface area contributed by atoms with E-state index in [0.717, 1.165) is 19.3 Å². The fourth-order valence-corrected chi connectivity index (χ4v) is 6.69. The first-order valence-corrected chi connectivity index (χ1v) is 10.1. The van der Waals surface area contributed by atoms with Gasteiger partial charge in [0.2, 0.25) is 0 Å². The van der Waals surface area contributed by atoms with Crippen molar-refractivity contribution < 1.29 is 14.7 Å². The lowest BCUT2D eigenvalue weighted by molar-refractivity contribution is -0.152. The van der Waals surface area contributed by atoms with Crippen molar-refractivity contribution in [2.24, 2.45) is 28.6 Å². The van der Waals surface area contributed by atoms with Gasteiger partial charge in [-0.05, 0) is 68.1 Å². The number of carbonyl (C=O) groups excluding carboxylic acids is 2. The van der Waals surface area contributed by atoms with E-state index in [-0.39, 0.29) is 22.4 Å². The van der Waals surface area contributed by atoms with Crippen molar-refractivity contribution in [2.75, 3.05) is 0 Å². The summed E-state index contributed by atoms with van der Waals surface area (Å²) in [5.41, 5.74) is 0.884. The molecule has 0 bridgehead atoms. The predicted octanol–water partition coefficient (Wildman–Crippen LogP) is 4.17. The Balaban J connectivity index is 1.80. The van der Waals surface area contributed by atoms with Crippen LogP contribution in [-0.2, 0) is 9.59 Å². The van der Waals surface area contributed by atoms with Crippen LogP contribution in [0.25, 0.3) is 0 Å². The predicted molar refractivity (Wildman–Crippen MR) is 101 cm³/mol. The van der Waals surface area contributed by atoms with Gasteiger partial charge in [-0.3, -0.25) is 9.59 Å². The van der Waals surface area contributed by atoms with Gasteiger partial charge in [0.15, 0.2) is 11.6 Å². The van der Waals surface area contributed by atoms with E-state index in [1.807, 2.05) is 13.0 Å². The zero-order valence-corrected chi connectivity index (χ0v) is 16.3.